The first-order valence-electron chi connectivity index (χ1n) is 6.09. The van der Waals surface area contributed by atoms with Crippen LogP contribution in [0, 0.1) is 10.1 Å². The Balaban J connectivity index is 1.93. The van der Waals surface area contributed by atoms with E-state index in [9.17, 15) is 14.9 Å². The second-order valence-electron chi connectivity index (χ2n) is 4.21. The van der Waals surface area contributed by atoms with Gasteiger partial charge in [-0.15, -0.1) is 0 Å². The fourth-order valence-electron chi connectivity index (χ4n) is 1.55. The van der Waals surface area contributed by atoms with Gasteiger partial charge in [0.05, 0.1) is 20.0 Å². The summed E-state index contributed by atoms with van der Waals surface area (Å²) in [5.41, 5.74) is -0.105. The third-order valence-electron chi connectivity index (χ3n) is 2.59. The third kappa shape index (κ3) is 4.72. The van der Waals surface area contributed by atoms with Crippen LogP contribution in [0.5, 0.6) is 11.5 Å². The molecular weight excluding hydrogens is 369 g/mol. The molecule has 0 unspecified atom stereocenters. The number of hydrogen-bond donors (Lipinski definition) is 0. The Kier molecular flexibility index (Phi) is 5.65. The number of rotatable bonds is 5. The van der Waals surface area contributed by atoms with Gasteiger partial charge in [-0.05, 0) is 12.1 Å². The number of nitrogens with zero attached hydrogens (tertiary/aromatic N) is 1. The van der Waals surface area contributed by atoms with Crippen LogP contribution in [0.3, 0.4) is 0 Å². The highest BCUT2D eigenvalue weighted by atomic mass is 35.5. The molecule has 0 heterocycles. The van der Waals surface area contributed by atoms with Crippen molar-refractivity contribution in [2.45, 2.75) is 0 Å². The highest BCUT2D eigenvalue weighted by molar-refractivity contribution is 6.48. The molecule has 120 valence electrons. The van der Waals surface area contributed by atoms with Crippen LogP contribution in [0.25, 0.3) is 0 Å². The van der Waals surface area contributed by atoms with Crippen molar-refractivity contribution < 1.29 is 19.2 Å². The van der Waals surface area contributed by atoms with E-state index in [1.54, 1.807) is 0 Å². The van der Waals surface area contributed by atoms with E-state index in [0.29, 0.717) is 0 Å². The van der Waals surface area contributed by atoms with E-state index in [2.05, 4.69) is 0 Å². The van der Waals surface area contributed by atoms with Crippen molar-refractivity contribution >= 4 is 46.5 Å². The quantitative estimate of drug-likeness (QED) is 0.252. The summed E-state index contributed by atoms with van der Waals surface area (Å²) in [5.74, 6) is -0.275. The molecule has 0 aliphatic carbocycles. The smallest absolute Gasteiger partial charge is 0.349 e. The average molecular weight is 377 g/mol. The molecular formula is C14H8Cl3NO5. The molecule has 2 aromatic carbocycles. The Morgan fingerprint density at radius 2 is 1.61 bits per heavy atom. The molecule has 2 aromatic rings. The largest absolute Gasteiger partial charge is 0.482 e. The number of ether oxygens (including phenoxy) is 2. The molecule has 0 saturated heterocycles. The minimum absolute atomic E-state index is 0.105. The van der Waals surface area contributed by atoms with Gasteiger partial charge in [-0.3, -0.25) is 10.1 Å². The summed E-state index contributed by atoms with van der Waals surface area (Å²) < 4.78 is 10.2. The van der Waals surface area contributed by atoms with Crippen molar-refractivity contribution in [3.63, 3.8) is 0 Å². The first-order chi connectivity index (χ1) is 10.9. The van der Waals surface area contributed by atoms with Gasteiger partial charge >= 0.3 is 5.97 Å². The summed E-state index contributed by atoms with van der Waals surface area (Å²) in [6.07, 6.45) is 0. The molecule has 0 fully saturated rings. The molecule has 0 saturated carbocycles. The Morgan fingerprint density at radius 3 is 2.13 bits per heavy atom. The van der Waals surface area contributed by atoms with Crippen LogP contribution < -0.4 is 9.47 Å². The van der Waals surface area contributed by atoms with Crippen molar-refractivity contribution in [2.24, 2.45) is 0 Å². The van der Waals surface area contributed by atoms with Crippen molar-refractivity contribution in [3.8, 4) is 11.5 Å². The first kappa shape index (κ1) is 17.3. The number of carbonyl (C=O) groups excluding carboxylic acids is 1. The number of carbonyl (C=O) groups is 1. The van der Waals surface area contributed by atoms with Gasteiger partial charge in [-0.2, -0.15) is 0 Å². The van der Waals surface area contributed by atoms with E-state index in [0.717, 1.165) is 0 Å². The van der Waals surface area contributed by atoms with E-state index < -0.39 is 17.5 Å². The van der Waals surface area contributed by atoms with Gasteiger partial charge in [0.15, 0.2) is 6.61 Å². The number of benzene rings is 2. The maximum absolute atomic E-state index is 11.7. The lowest BCUT2D eigenvalue weighted by Crippen LogP contribution is -2.17. The van der Waals surface area contributed by atoms with Crippen molar-refractivity contribution in [1.82, 2.24) is 0 Å². The minimum atomic E-state index is -0.693. The molecule has 6 nitrogen and oxygen atoms in total. The van der Waals surface area contributed by atoms with Crippen LogP contribution in [0.4, 0.5) is 5.69 Å². The molecule has 0 aliphatic heterocycles. The fourth-order valence-corrected chi connectivity index (χ4v) is 2.13. The molecule has 0 atom stereocenters. The van der Waals surface area contributed by atoms with Crippen LogP contribution in [0.2, 0.25) is 15.1 Å². The van der Waals surface area contributed by atoms with E-state index >= 15 is 0 Å². The number of hydrogen-bond acceptors (Lipinski definition) is 5. The predicted molar refractivity (Wildman–Crippen MR) is 85.7 cm³/mol. The van der Waals surface area contributed by atoms with Crippen molar-refractivity contribution in [3.05, 3.63) is 61.6 Å². The zero-order chi connectivity index (χ0) is 17.0. The van der Waals surface area contributed by atoms with E-state index in [1.165, 1.54) is 36.4 Å². The second-order valence-corrected chi connectivity index (χ2v) is 5.41. The summed E-state index contributed by atoms with van der Waals surface area (Å²) in [5, 5.41) is 11.1. The lowest BCUT2D eigenvalue weighted by molar-refractivity contribution is -0.384. The molecule has 0 aromatic heterocycles. The summed E-state index contributed by atoms with van der Waals surface area (Å²) in [7, 11) is 0. The molecule has 2 rings (SSSR count). The summed E-state index contributed by atoms with van der Waals surface area (Å²) in [6.45, 7) is -0.398. The number of non-ortho nitro benzene ring substituents is 1. The third-order valence-corrected chi connectivity index (χ3v) is 3.79. The van der Waals surface area contributed by atoms with E-state index in [1.807, 2.05) is 0 Å². The van der Waals surface area contributed by atoms with Gasteiger partial charge in [0.25, 0.3) is 5.69 Å². The molecule has 0 N–H and O–H groups in total. The number of esters is 1. The number of nitro groups is 1. The van der Waals surface area contributed by atoms with Gasteiger partial charge in [-0.1, -0.05) is 34.8 Å². The van der Waals surface area contributed by atoms with Crippen LogP contribution in [-0.4, -0.2) is 17.5 Å². The molecule has 0 spiro atoms. The lowest BCUT2D eigenvalue weighted by Gasteiger charge is -2.08. The zero-order valence-corrected chi connectivity index (χ0v) is 13.6. The number of nitro benzene ring substituents is 1. The second kappa shape index (κ2) is 7.50. The Bertz CT molecular complexity index is 726. The first-order valence-corrected chi connectivity index (χ1v) is 7.22. The molecule has 0 bridgehead atoms. The summed E-state index contributed by atoms with van der Waals surface area (Å²) >= 11 is 17.5. The van der Waals surface area contributed by atoms with Crippen LogP contribution in [-0.2, 0) is 4.79 Å². The van der Waals surface area contributed by atoms with Crippen molar-refractivity contribution in [1.29, 1.82) is 0 Å². The fraction of sp³-hybridized carbons (Fsp3) is 0.0714. The van der Waals surface area contributed by atoms with Gasteiger partial charge in [0.1, 0.15) is 11.5 Å². The highest BCUT2D eigenvalue weighted by Crippen LogP contribution is 2.34. The van der Waals surface area contributed by atoms with Crippen LogP contribution >= 0.6 is 34.8 Å². The SMILES string of the molecule is O=C(COc1cc(Cl)c(Cl)c(Cl)c1)Oc1ccc([N+](=O)[O-])cc1. The Hall–Kier alpha value is -2.02. The van der Waals surface area contributed by atoms with Crippen molar-refractivity contribution in [2.75, 3.05) is 6.61 Å². The molecule has 0 amide bonds. The highest BCUT2D eigenvalue weighted by Gasteiger charge is 2.11. The molecule has 0 radical (unpaired) electrons. The maximum Gasteiger partial charge on any atom is 0.349 e. The molecule has 23 heavy (non-hydrogen) atoms. The normalized spacial score (nSPS) is 10.2. The van der Waals surface area contributed by atoms with Gasteiger partial charge in [0, 0.05) is 24.3 Å². The standard InChI is InChI=1S/C14H8Cl3NO5/c15-11-5-10(6-12(16)14(11)17)22-7-13(19)23-9-3-1-8(2-4-9)18(20)21/h1-6H,7H2. The zero-order valence-electron chi connectivity index (χ0n) is 11.3. The molecule has 0 aliphatic rings. The monoisotopic (exact) mass is 375 g/mol. The Morgan fingerprint density at radius 1 is 1.04 bits per heavy atom. The van der Waals surface area contributed by atoms with Crippen LogP contribution in [0.15, 0.2) is 36.4 Å². The topological polar surface area (TPSA) is 78.7 Å². The summed E-state index contributed by atoms with van der Waals surface area (Å²) in [6, 6.07) is 7.90. The minimum Gasteiger partial charge on any atom is -0.482 e. The maximum atomic E-state index is 11.7. The lowest BCUT2D eigenvalue weighted by atomic mass is 10.3. The predicted octanol–water partition coefficient (Wildman–Crippen LogP) is 4.54. The van der Waals surface area contributed by atoms with Crippen LogP contribution in [0.1, 0.15) is 0 Å². The van der Waals surface area contributed by atoms with Gasteiger partial charge < -0.3 is 9.47 Å². The van der Waals surface area contributed by atoms with E-state index in [-0.39, 0.29) is 32.3 Å². The van der Waals surface area contributed by atoms with Gasteiger partial charge in [0.2, 0.25) is 0 Å². The van der Waals surface area contributed by atoms with Gasteiger partial charge in [-0.25, -0.2) is 4.79 Å². The average Bonchev–Trinajstić information content (AvgIpc) is 2.51. The summed E-state index contributed by atoms with van der Waals surface area (Å²) in [4.78, 5) is 21.6. The molecule has 9 heteroatoms. The van der Waals surface area contributed by atoms with E-state index in [4.69, 9.17) is 44.3 Å². The number of halogens is 3. The Labute approximate surface area is 145 Å².